The minimum atomic E-state index is 0.0495. The number of pyridine rings is 2. The average Bonchev–Trinajstić information content (AvgIpc) is 3.50. The number of rotatable bonds is 5. The van der Waals surface area contributed by atoms with E-state index >= 15 is 0 Å². The molecule has 4 heterocycles. The maximum atomic E-state index is 11.4. The number of carbonyl (C=O) groups excluding carboxylic acids is 1. The fourth-order valence-corrected chi connectivity index (χ4v) is 6.16. The first-order chi connectivity index (χ1) is 18.5. The maximum absolute atomic E-state index is 11.4. The zero-order valence-corrected chi connectivity index (χ0v) is 22.0. The Morgan fingerprint density at radius 2 is 1.84 bits per heavy atom. The highest BCUT2D eigenvalue weighted by atomic mass is 35.5. The minimum Gasteiger partial charge on any atom is -0.354 e. The number of imidazole rings is 1. The number of carbonyl (C=O) groups is 1. The molecule has 2 saturated carbocycles. The normalized spacial score (nSPS) is 19.7. The molecule has 1 amide bonds. The first-order valence-corrected chi connectivity index (χ1v) is 13.8. The van der Waals surface area contributed by atoms with E-state index in [-0.39, 0.29) is 11.9 Å². The molecule has 7 rings (SSSR count). The molecule has 8 heteroatoms. The Balaban J connectivity index is 1.25. The molecule has 0 atom stereocenters. The zero-order chi connectivity index (χ0) is 25.8. The number of benzene rings is 1. The molecule has 0 bridgehead atoms. The number of nitrogens with zero attached hydrogens (tertiary/aromatic N) is 5. The molecular formula is C30H29ClN6O. The predicted molar refractivity (Wildman–Crippen MR) is 149 cm³/mol. The number of halogens is 1. The molecular weight excluding hydrogens is 496 g/mol. The van der Waals surface area contributed by atoms with E-state index in [4.69, 9.17) is 26.7 Å². The average molecular weight is 525 g/mol. The van der Waals surface area contributed by atoms with Crippen molar-refractivity contribution in [2.75, 3.05) is 0 Å². The van der Waals surface area contributed by atoms with Gasteiger partial charge < -0.3 is 9.72 Å². The second-order valence-corrected chi connectivity index (χ2v) is 11.1. The van der Waals surface area contributed by atoms with E-state index in [2.05, 4.69) is 45.0 Å². The molecule has 0 aliphatic heterocycles. The minimum absolute atomic E-state index is 0.0495. The summed E-state index contributed by atoms with van der Waals surface area (Å²) < 4.78 is 4.32. The lowest BCUT2D eigenvalue weighted by Gasteiger charge is -2.28. The van der Waals surface area contributed by atoms with E-state index in [1.807, 2.05) is 30.6 Å². The fourth-order valence-electron chi connectivity index (χ4n) is 5.93. The summed E-state index contributed by atoms with van der Waals surface area (Å²) in [6.07, 6.45) is 14.4. The number of nitrogens with one attached hydrogen (secondary N) is 1. The first kappa shape index (κ1) is 23.4. The summed E-state index contributed by atoms with van der Waals surface area (Å²) in [5, 5.41) is 9.51. The molecule has 0 unspecified atom stereocenters. The predicted octanol–water partition coefficient (Wildman–Crippen LogP) is 6.56. The van der Waals surface area contributed by atoms with Gasteiger partial charge in [-0.3, -0.25) is 14.5 Å². The van der Waals surface area contributed by atoms with Crippen LogP contribution in [0.3, 0.4) is 0 Å². The van der Waals surface area contributed by atoms with Gasteiger partial charge >= 0.3 is 0 Å². The van der Waals surface area contributed by atoms with Crippen LogP contribution in [-0.2, 0) is 4.79 Å². The molecule has 2 aliphatic rings. The van der Waals surface area contributed by atoms with E-state index in [1.54, 1.807) is 6.92 Å². The molecule has 0 spiro atoms. The van der Waals surface area contributed by atoms with Crippen LogP contribution in [0.5, 0.6) is 0 Å². The van der Waals surface area contributed by atoms with Gasteiger partial charge in [0.05, 0.1) is 34.2 Å². The number of fused-ring (bicyclic) bond motifs is 3. The highest BCUT2D eigenvalue weighted by molar-refractivity contribution is 6.33. The van der Waals surface area contributed by atoms with Crippen LogP contribution in [0.1, 0.15) is 63.1 Å². The van der Waals surface area contributed by atoms with Gasteiger partial charge in [0.1, 0.15) is 5.65 Å². The smallest absolute Gasteiger partial charge is 0.217 e. The first-order valence-electron chi connectivity index (χ1n) is 13.4. The highest BCUT2D eigenvalue weighted by Crippen LogP contribution is 2.46. The van der Waals surface area contributed by atoms with Crippen LogP contribution >= 0.6 is 11.6 Å². The lowest BCUT2D eigenvalue weighted by molar-refractivity contribution is -0.119. The number of amides is 1. The van der Waals surface area contributed by atoms with Crippen LogP contribution in [0.15, 0.2) is 61.2 Å². The lowest BCUT2D eigenvalue weighted by Crippen LogP contribution is -2.36. The third-order valence-corrected chi connectivity index (χ3v) is 8.32. The highest BCUT2D eigenvalue weighted by Gasteiger charge is 2.32. The number of hydrogen-bond donors (Lipinski definition) is 1. The summed E-state index contributed by atoms with van der Waals surface area (Å²) in [6, 6.07) is 12.8. The lowest BCUT2D eigenvalue weighted by atomic mass is 9.91. The van der Waals surface area contributed by atoms with Crippen molar-refractivity contribution in [1.29, 1.82) is 0 Å². The van der Waals surface area contributed by atoms with Crippen molar-refractivity contribution >= 4 is 34.1 Å². The molecule has 1 aromatic carbocycles. The van der Waals surface area contributed by atoms with Gasteiger partial charge in [0, 0.05) is 59.6 Å². The van der Waals surface area contributed by atoms with E-state index in [9.17, 15) is 4.79 Å². The Kier molecular flexibility index (Phi) is 5.69. The van der Waals surface area contributed by atoms with Gasteiger partial charge in [0.2, 0.25) is 5.91 Å². The Morgan fingerprint density at radius 3 is 2.61 bits per heavy atom. The standard InChI is InChI=1S/C30H29ClN6O/c1-18(38)34-22-8-10-23(11-9-22)37-17-21(16-33-37)20-14-25-27(32-15-20)12-13-36-29(19-6-7-19)28(35-30(25)36)24-4-2-3-5-26(24)31/h2-5,12-17,19,22-23H,6-11H2,1H3,(H,34,38)/t22-,23-. The van der Waals surface area contributed by atoms with Crippen LogP contribution in [0.2, 0.25) is 5.02 Å². The van der Waals surface area contributed by atoms with Crippen molar-refractivity contribution in [1.82, 2.24) is 29.5 Å². The third kappa shape index (κ3) is 4.15. The molecule has 7 nitrogen and oxygen atoms in total. The molecule has 38 heavy (non-hydrogen) atoms. The van der Waals surface area contributed by atoms with Crippen LogP contribution in [0.4, 0.5) is 0 Å². The Bertz CT molecular complexity index is 1680. The van der Waals surface area contributed by atoms with Gasteiger partial charge in [-0.2, -0.15) is 5.10 Å². The monoisotopic (exact) mass is 524 g/mol. The van der Waals surface area contributed by atoms with Gasteiger partial charge in [0.15, 0.2) is 0 Å². The molecule has 2 fully saturated rings. The van der Waals surface area contributed by atoms with Gasteiger partial charge in [0.25, 0.3) is 0 Å². The van der Waals surface area contributed by atoms with E-state index in [0.717, 1.165) is 69.6 Å². The van der Waals surface area contributed by atoms with E-state index in [1.165, 1.54) is 18.5 Å². The molecule has 0 saturated heterocycles. The van der Waals surface area contributed by atoms with Gasteiger partial charge in [-0.1, -0.05) is 29.8 Å². The Labute approximate surface area is 225 Å². The van der Waals surface area contributed by atoms with Crippen molar-refractivity contribution < 1.29 is 4.79 Å². The molecule has 4 aromatic heterocycles. The van der Waals surface area contributed by atoms with Gasteiger partial charge in [-0.25, -0.2) is 4.98 Å². The molecule has 1 N–H and O–H groups in total. The second-order valence-electron chi connectivity index (χ2n) is 10.7. The quantitative estimate of drug-likeness (QED) is 0.282. The largest absolute Gasteiger partial charge is 0.354 e. The fraction of sp³-hybridized carbons (Fsp3) is 0.333. The van der Waals surface area contributed by atoms with Crippen molar-refractivity contribution in [3.8, 4) is 22.4 Å². The summed E-state index contributed by atoms with van der Waals surface area (Å²) in [4.78, 5) is 21.4. The topological polar surface area (TPSA) is 77.1 Å². The molecule has 5 aromatic rings. The third-order valence-electron chi connectivity index (χ3n) is 8.00. The summed E-state index contributed by atoms with van der Waals surface area (Å²) in [5.41, 5.74) is 7.10. The van der Waals surface area contributed by atoms with Crippen molar-refractivity contribution in [3.63, 3.8) is 0 Å². The molecule has 0 radical (unpaired) electrons. The van der Waals surface area contributed by atoms with E-state index < -0.39 is 0 Å². The van der Waals surface area contributed by atoms with Crippen molar-refractivity contribution in [2.24, 2.45) is 0 Å². The summed E-state index contributed by atoms with van der Waals surface area (Å²) in [7, 11) is 0. The number of hydrogen-bond acceptors (Lipinski definition) is 4. The maximum Gasteiger partial charge on any atom is 0.217 e. The molecule has 192 valence electrons. The van der Waals surface area contributed by atoms with Gasteiger partial charge in [-0.15, -0.1) is 0 Å². The summed E-state index contributed by atoms with van der Waals surface area (Å²) >= 11 is 6.61. The number of aromatic nitrogens is 5. The Morgan fingerprint density at radius 1 is 1.03 bits per heavy atom. The van der Waals surface area contributed by atoms with Crippen molar-refractivity contribution in [3.05, 3.63) is 71.9 Å². The van der Waals surface area contributed by atoms with Crippen LogP contribution in [-0.4, -0.2) is 36.1 Å². The van der Waals surface area contributed by atoms with Crippen LogP contribution in [0.25, 0.3) is 38.9 Å². The van der Waals surface area contributed by atoms with E-state index in [0.29, 0.717) is 12.0 Å². The Hall–Kier alpha value is -3.71. The summed E-state index contributed by atoms with van der Waals surface area (Å²) in [6.45, 7) is 1.59. The van der Waals surface area contributed by atoms with Crippen molar-refractivity contribution in [2.45, 2.75) is 63.5 Å². The SMILES string of the molecule is CC(=O)N[C@H]1CC[C@H](n2cc(-c3cnc4ccn5c(C6CC6)c(-c6ccccc6Cl)nc5c4c3)cn2)CC1. The van der Waals surface area contributed by atoms with Crippen LogP contribution < -0.4 is 5.32 Å². The van der Waals surface area contributed by atoms with Crippen LogP contribution in [0, 0.1) is 0 Å². The summed E-state index contributed by atoms with van der Waals surface area (Å²) in [5.74, 6) is 0.553. The second kappa shape index (κ2) is 9.24. The molecule has 2 aliphatic carbocycles. The van der Waals surface area contributed by atoms with Gasteiger partial charge in [-0.05, 0) is 56.7 Å². The zero-order valence-electron chi connectivity index (χ0n) is 21.3.